The molecular weight excluding hydrogens is 391 g/mol. The van der Waals surface area contributed by atoms with Gasteiger partial charge in [-0.05, 0) is 48.2 Å². The monoisotopic (exact) mass is 403 g/mol. The van der Waals surface area contributed by atoms with Gasteiger partial charge in [-0.15, -0.1) is 0 Å². The fourth-order valence-corrected chi connectivity index (χ4v) is 2.93. The minimum Gasteiger partial charge on any atom is -0.858 e. The Morgan fingerprint density at radius 3 is 2.46 bits per heavy atom. The van der Waals surface area contributed by atoms with Crippen LogP contribution in [0.4, 0.5) is 0 Å². The lowest BCUT2D eigenvalue weighted by atomic mass is 10.0. The minimum atomic E-state index is -0.616. The van der Waals surface area contributed by atoms with Crippen LogP contribution in [0.2, 0.25) is 15.1 Å². The van der Waals surface area contributed by atoms with E-state index < -0.39 is 6.04 Å². The molecule has 0 saturated heterocycles. The predicted octanol–water partition coefficient (Wildman–Crippen LogP) is 5.25. The minimum absolute atomic E-state index is 0.332. The normalized spacial score (nSPS) is 12.8. The summed E-state index contributed by atoms with van der Waals surface area (Å²) in [5.41, 5.74) is 2.81. The Kier molecular flexibility index (Phi) is 5.82. The van der Waals surface area contributed by atoms with Crippen molar-refractivity contribution >= 4 is 40.7 Å². The second kappa shape index (κ2) is 8.09. The average Bonchev–Trinajstić information content (AvgIpc) is 2.63. The highest BCUT2D eigenvalue weighted by atomic mass is 35.5. The van der Waals surface area contributed by atoms with Crippen LogP contribution in [0.1, 0.15) is 28.4 Å². The van der Waals surface area contributed by atoms with E-state index in [1.165, 1.54) is 6.20 Å². The average molecular weight is 405 g/mol. The number of halogens is 3. The van der Waals surface area contributed by atoms with Gasteiger partial charge in [-0.2, -0.15) is 0 Å². The van der Waals surface area contributed by atoms with Crippen LogP contribution in [0.3, 0.4) is 0 Å². The predicted molar refractivity (Wildman–Crippen MR) is 105 cm³/mol. The third-order valence-electron chi connectivity index (χ3n) is 3.80. The van der Waals surface area contributed by atoms with Crippen molar-refractivity contribution in [3.63, 3.8) is 0 Å². The third kappa shape index (κ3) is 4.36. The van der Waals surface area contributed by atoms with Crippen LogP contribution in [0.5, 0.6) is 0 Å². The Hall–Kier alpha value is -2.07. The first-order valence-electron chi connectivity index (χ1n) is 7.82. The van der Waals surface area contributed by atoms with Crippen molar-refractivity contribution in [2.75, 3.05) is 0 Å². The molecule has 3 aromatic rings. The quantitative estimate of drug-likeness (QED) is 0.440. The molecule has 1 atom stereocenters. The Balaban J connectivity index is 2.09. The molecule has 0 bridgehead atoms. The van der Waals surface area contributed by atoms with Gasteiger partial charge >= 0.3 is 0 Å². The first-order chi connectivity index (χ1) is 12.4. The summed E-state index contributed by atoms with van der Waals surface area (Å²) >= 11 is 18.1. The molecule has 1 aromatic heterocycles. The van der Waals surface area contributed by atoms with E-state index in [9.17, 15) is 5.11 Å². The van der Waals surface area contributed by atoms with Gasteiger partial charge < -0.3 is 5.11 Å². The van der Waals surface area contributed by atoms with Gasteiger partial charge in [-0.1, -0.05) is 70.7 Å². The molecular formula is C20H14Cl3N2O-. The summed E-state index contributed by atoms with van der Waals surface area (Å²) in [7, 11) is 0. The van der Waals surface area contributed by atoms with Crippen molar-refractivity contribution < 1.29 is 5.11 Å². The first-order valence-corrected chi connectivity index (χ1v) is 8.95. The molecule has 0 N–H and O–H groups in total. The van der Waals surface area contributed by atoms with Gasteiger partial charge in [0.25, 0.3) is 0 Å². The van der Waals surface area contributed by atoms with Crippen molar-refractivity contribution in [3.05, 3.63) is 98.2 Å². The summed E-state index contributed by atoms with van der Waals surface area (Å²) in [5, 5.41) is 14.0. The second-order valence-electron chi connectivity index (χ2n) is 5.78. The van der Waals surface area contributed by atoms with Gasteiger partial charge in [0.15, 0.2) is 0 Å². The van der Waals surface area contributed by atoms with E-state index in [0.717, 1.165) is 11.1 Å². The van der Waals surface area contributed by atoms with E-state index in [2.05, 4.69) is 9.98 Å². The van der Waals surface area contributed by atoms with E-state index in [1.54, 1.807) is 42.5 Å². The zero-order valence-corrected chi connectivity index (χ0v) is 16.1. The molecule has 2 aromatic carbocycles. The number of benzene rings is 2. The molecule has 132 valence electrons. The lowest BCUT2D eigenvalue weighted by Gasteiger charge is -2.19. The number of aromatic nitrogens is 1. The first kappa shape index (κ1) is 18.7. The highest BCUT2D eigenvalue weighted by Gasteiger charge is 2.16. The number of hydrogen-bond acceptors (Lipinski definition) is 3. The summed E-state index contributed by atoms with van der Waals surface area (Å²) in [6.45, 7) is 1.92. The summed E-state index contributed by atoms with van der Waals surface area (Å²) in [5.74, 6) is -0.332. The Bertz CT molecular complexity index is 956. The molecule has 1 heterocycles. The molecule has 1 unspecified atom stereocenters. The van der Waals surface area contributed by atoms with Gasteiger partial charge in [-0.25, -0.2) is 0 Å². The van der Waals surface area contributed by atoms with Crippen molar-refractivity contribution in [1.29, 1.82) is 0 Å². The smallest absolute Gasteiger partial charge is 0.116 e. The highest BCUT2D eigenvalue weighted by molar-refractivity contribution is 6.42. The molecule has 0 saturated carbocycles. The maximum atomic E-state index is 12.7. The largest absolute Gasteiger partial charge is 0.858 e. The molecule has 0 aliphatic carbocycles. The molecule has 0 aliphatic heterocycles. The molecule has 0 spiro atoms. The van der Waals surface area contributed by atoms with E-state index in [4.69, 9.17) is 34.8 Å². The molecule has 26 heavy (non-hydrogen) atoms. The number of rotatable bonds is 4. The van der Waals surface area contributed by atoms with Crippen molar-refractivity contribution in [2.24, 2.45) is 4.99 Å². The molecule has 3 rings (SSSR count). The maximum absolute atomic E-state index is 12.7. The molecule has 0 fully saturated rings. The topological polar surface area (TPSA) is 48.3 Å². The second-order valence-corrected chi connectivity index (χ2v) is 7.03. The van der Waals surface area contributed by atoms with Crippen LogP contribution >= 0.6 is 34.8 Å². The van der Waals surface area contributed by atoms with Gasteiger partial charge in [-0.3, -0.25) is 9.98 Å². The standard InChI is InChI=1S/C20H15Cl3N2O/c1-12-3-2-4-14(9-12)20(26)25-19(18-8-6-15(21)11-24-18)13-5-7-16(22)17(23)10-13/h2-11,19H,1H3,(H,25,26)/p-1. The molecule has 0 radical (unpaired) electrons. The van der Waals surface area contributed by atoms with Crippen molar-refractivity contribution in [1.82, 2.24) is 4.98 Å². The maximum Gasteiger partial charge on any atom is 0.116 e. The molecule has 3 nitrogen and oxygen atoms in total. The summed E-state index contributed by atoms with van der Waals surface area (Å²) < 4.78 is 0. The summed E-state index contributed by atoms with van der Waals surface area (Å²) in [6, 6.07) is 15.3. The van der Waals surface area contributed by atoms with Gasteiger partial charge in [0, 0.05) is 6.20 Å². The number of nitrogens with zero attached hydrogens (tertiary/aromatic N) is 2. The van der Waals surface area contributed by atoms with Gasteiger partial charge in [0.2, 0.25) is 0 Å². The highest BCUT2D eigenvalue weighted by Crippen LogP contribution is 2.31. The van der Waals surface area contributed by atoms with Crippen LogP contribution in [0, 0.1) is 6.92 Å². The zero-order chi connectivity index (χ0) is 18.7. The fourth-order valence-electron chi connectivity index (χ4n) is 2.51. The summed E-state index contributed by atoms with van der Waals surface area (Å²) in [6.07, 6.45) is 1.52. The number of aryl methyl sites for hydroxylation is 1. The Morgan fingerprint density at radius 2 is 1.81 bits per heavy atom. The number of aliphatic imine (C=N–C) groups is 1. The zero-order valence-electron chi connectivity index (χ0n) is 13.8. The lowest BCUT2D eigenvalue weighted by molar-refractivity contribution is -0.213. The van der Waals surface area contributed by atoms with E-state index >= 15 is 0 Å². The van der Waals surface area contributed by atoms with E-state index in [-0.39, 0.29) is 5.90 Å². The van der Waals surface area contributed by atoms with Crippen LogP contribution in [-0.2, 0) is 0 Å². The lowest BCUT2D eigenvalue weighted by Crippen LogP contribution is -2.21. The number of pyridine rings is 1. The van der Waals surface area contributed by atoms with Crippen molar-refractivity contribution in [3.8, 4) is 0 Å². The third-order valence-corrected chi connectivity index (χ3v) is 4.76. The molecule has 6 heteroatoms. The van der Waals surface area contributed by atoms with E-state index in [0.29, 0.717) is 26.3 Å². The SMILES string of the molecule is Cc1cccc(C([O-])=NC(c2ccc(Cl)c(Cl)c2)c2ccc(Cl)cn2)c1. The fraction of sp³-hybridized carbons (Fsp3) is 0.100. The van der Waals surface area contributed by atoms with Crippen LogP contribution in [0.15, 0.2) is 65.8 Å². The van der Waals surface area contributed by atoms with Gasteiger partial charge in [0.1, 0.15) is 6.04 Å². The van der Waals surface area contributed by atoms with Crippen molar-refractivity contribution in [2.45, 2.75) is 13.0 Å². The molecule has 0 amide bonds. The van der Waals surface area contributed by atoms with Crippen LogP contribution in [-0.4, -0.2) is 10.9 Å². The van der Waals surface area contributed by atoms with Crippen LogP contribution < -0.4 is 5.11 Å². The summed E-state index contributed by atoms with van der Waals surface area (Å²) in [4.78, 5) is 8.70. The van der Waals surface area contributed by atoms with Crippen LogP contribution in [0.25, 0.3) is 0 Å². The number of hydrogen-bond donors (Lipinski definition) is 0. The molecule has 0 aliphatic rings. The Labute approximate surface area is 166 Å². The van der Waals surface area contributed by atoms with E-state index in [1.807, 2.05) is 19.1 Å². The van der Waals surface area contributed by atoms with Gasteiger partial charge in [0.05, 0.1) is 20.8 Å². The Morgan fingerprint density at radius 1 is 1.00 bits per heavy atom.